The summed E-state index contributed by atoms with van der Waals surface area (Å²) in [7, 11) is 0. The van der Waals surface area contributed by atoms with Crippen LogP contribution in [0.15, 0.2) is 174 Å². The first-order valence-corrected chi connectivity index (χ1v) is 31.5. The molecule has 7 aromatic carbocycles. The molecule has 0 saturated carbocycles. The summed E-state index contributed by atoms with van der Waals surface area (Å²) in [6.45, 7) is 26.6. The van der Waals surface area contributed by atoms with Gasteiger partial charge in [-0.3, -0.25) is 0 Å². The van der Waals surface area contributed by atoms with Crippen molar-refractivity contribution >= 4 is 51.6 Å². The molecule has 0 fully saturated rings. The molecule has 410 valence electrons. The zero-order valence-electron chi connectivity index (χ0n) is 49.7. The van der Waals surface area contributed by atoms with E-state index in [1.54, 1.807) is 11.1 Å². The van der Waals surface area contributed by atoms with Crippen LogP contribution in [-0.2, 0) is 10.8 Å². The lowest BCUT2D eigenvalue weighted by Crippen LogP contribution is -2.60. The van der Waals surface area contributed by atoms with Gasteiger partial charge in [-0.25, -0.2) is 0 Å². The number of unbranched alkanes of at least 4 members (excludes halogenated alkanes) is 6. The number of anilines is 7. The van der Waals surface area contributed by atoms with Crippen LogP contribution in [0.3, 0.4) is 0 Å². The molecule has 0 aromatic heterocycles. The molecule has 1 aliphatic heterocycles. The maximum atomic E-state index is 2.84. The molecular weight excluding hydrogens is 963 g/mol. The first kappa shape index (κ1) is 57.0. The van der Waals surface area contributed by atoms with Crippen molar-refractivity contribution in [3.63, 3.8) is 0 Å². The molecule has 4 heteroatoms. The summed E-state index contributed by atoms with van der Waals surface area (Å²) in [5, 5.41) is 0. The van der Waals surface area contributed by atoms with Crippen molar-refractivity contribution in [2.24, 2.45) is 0 Å². The Labute approximate surface area is 477 Å². The Morgan fingerprint density at radius 1 is 0.474 bits per heavy atom. The zero-order valence-corrected chi connectivity index (χ0v) is 50.5. The van der Waals surface area contributed by atoms with Crippen molar-refractivity contribution in [1.82, 2.24) is 0 Å². The Morgan fingerprint density at radius 2 is 0.987 bits per heavy atom. The number of benzene rings is 7. The van der Waals surface area contributed by atoms with Crippen LogP contribution in [0.1, 0.15) is 207 Å². The molecule has 1 heterocycles. The molecule has 9 rings (SSSR count). The van der Waals surface area contributed by atoms with Gasteiger partial charge in [0, 0.05) is 54.6 Å². The summed E-state index contributed by atoms with van der Waals surface area (Å²) in [6, 6.07) is 63.7. The van der Waals surface area contributed by atoms with Crippen molar-refractivity contribution < 1.29 is 0 Å². The third-order valence-electron chi connectivity index (χ3n) is 18.7. The van der Waals surface area contributed by atoms with E-state index in [1.165, 1.54) is 136 Å². The molecule has 3 nitrogen and oxygen atoms in total. The van der Waals surface area contributed by atoms with Gasteiger partial charge in [-0.15, -0.1) is 0 Å². The van der Waals surface area contributed by atoms with Crippen LogP contribution in [0.5, 0.6) is 0 Å². The molecule has 0 amide bonds. The molecule has 2 unspecified atom stereocenters. The monoisotopic (exact) mass is 1060 g/mol. The predicted octanol–water partition coefficient (Wildman–Crippen LogP) is 23.1. The average molecular weight is 1060 g/mol. The van der Waals surface area contributed by atoms with Crippen molar-refractivity contribution in [1.29, 1.82) is 0 Å². The van der Waals surface area contributed by atoms with Gasteiger partial charge in [-0.1, -0.05) is 229 Å². The largest absolute Gasteiger partial charge is 0.336 e. The second-order valence-electron chi connectivity index (χ2n) is 24.2. The Bertz CT molecular complexity index is 3060. The molecule has 0 radical (unpaired) electrons. The summed E-state index contributed by atoms with van der Waals surface area (Å²) in [5.74, 6) is 0.488. The topological polar surface area (TPSA) is 9.72 Å². The van der Waals surface area contributed by atoms with E-state index in [0.29, 0.717) is 5.92 Å². The third-order valence-corrected chi connectivity index (χ3v) is 19.8. The highest BCUT2D eigenvalue weighted by Gasteiger charge is 2.53. The number of hydrogen-bond donors (Lipinski definition) is 0. The molecule has 7 aromatic rings. The first-order valence-electron chi connectivity index (χ1n) is 30.7. The van der Waals surface area contributed by atoms with Gasteiger partial charge in [0.25, 0.3) is 0 Å². The number of rotatable bonds is 26. The molecule has 0 saturated heterocycles. The molecular formula is C74H93N3S. The lowest BCUT2D eigenvalue weighted by Gasteiger charge is -2.57. The van der Waals surface area contributed by atoms with Gasteiger partial charge < -0.3 is 14.7 Å². The summed E-state index contributed by atoms with van der Waals surface area (Å²) >= 11 is 1.93. The maximum Gasteiger partial charge on any atom is 0.0603 e. The maximum absolute atomic E-state index is 2.84. The second kappa shape index (κ2) is 24.8. The van der Waals surface area contributed by atoms with E-state index in [1.807, 2.05) is 11.8 Å². The molecule has 2 atom stereocenters. The highest BCUT2D eigenvalue weighted by atomic mass is 32.2. The van der Waals surface area contributed by atoms with Gasteiger partial charge in [0.2, 0.25) is 0 Å². The van der Waals surface area contributed by atoms with Crippen LogP contribution in [0.25, 0.3) is 11.1 Å². The fraction of sp³-hybridized carbons (Fsp3) is 0.432. The van der Waals surface area contributed by atoms with E-state index < -0.39 is 0 Å². The molecule has 0 N–H and O–H groups in total. The zero-order chi connectivity index (χ0) is 55.1. The number of para-hydroxylation sites is 3. The van der Waals surface area contributed by atoms with Crippen molar-refractivity contribution in [3.05, 3.63) is 186 Å². The van der Waals surface area contributed by atoms with Crippen molar-refractivity contribution in [3.8, 4) is 11.1 Å². The molecule has 1 aliphatic carbocycles. The van der Waals surface area contributed by atoms with E-state index in [-0.39, 0.29) is 21.9 Å². The predicted molar refractivity (Wildman–Crippen MR) is 341 cm³/mol. The number of fused-ring (bicyclic) bond motifs is 5. The van der Waals surface area contributed by atoms with Crippen molar-refractivity contribution in [2.75, 3.05) is 14.7 Å². The fourth-order valence-electron chi connectivity index (χ4n) is 14.2. The lowest BCUT2D eigenvalue weighted by atomic mass is 9.59. The minimum Gasteiger partial charge on any atom is -0.336 e. The van der Waals surface area contributed by atoms with E-state index >= 15 is 0 Å². The van der Waals surface area contributed by atoms with Gasteiger partial charge in [0.1, 0.15) is 0 Å². The summed E-state index contributed by atoms with van der Waals surface area (Å²) < 4.78 is 0. The number of nitrogens with zero attached hydrogens (tertiary/aromatic N) is 3. The van der Waals surface area contributed by atoms with Gasteiger partial charge in [-0.05, 0) is 164 Å². The third kappa shape index (κ3) is 10.7. The standard InChI is InChI=1S/C74H93N3S/c1-12-18-20-31-49-73(50-32-21-19-13-2)65-51-56(55(7)8)39-43-63(65)64-44-40-57(52-66(64)73)72(11,47-14-3)74(17-6,48-15-4)77(60-37-29-24-30-38-60)62-42-46-68-70(54-62)78-69-53-61(41-45-67(69)75(68)58-33-25-22-26-34-58)76(71(9,10)16-5)59-35-27-23-28-36-59/h22-30,33-46,51-55H,12-21,31-32,47-50H2,1-11H3. The Kier molecular flexibility index (Phi) is 18.1. The quantitative estimate of drug-likeness (QED) is 0.0500. The van der Waals surface area contributed by atoms with Gasteiger partial charge in [-0.2, -0.15) is 0 Å². The minimum atomic E-state index is -0.284. The Hall–Kier alpha value is -5.71. The van der Waals surface area contributed by atoms with E-state index in [4.69, 9.17) is 0 Å². The summed E-state index contributed by atoms with van der Waals surface area (Å²) in [4.78, 5) is 10.4. The Balaban J connectivity index is 1.23. The lowest BCUT2D eigenvalue weighted by molar-refractivity contribution is 0.191. The SMILES string of the molecule is CCCCCCC1(CCCCCC)c2cc(C(C)C)ccc2-c2ccc(C(C)(CCC)C(CC)(CCC)N(c3ccccc3)c3ccc4c(c3)Sc3cc(N(c5ccccc5)C(C)(C)CC)ccc3N4c3ccccc3)cc21. The minimum absolute atomic E-state index is 0.000147. The van der Waals surface area contributed by atoms with E-state index in [0.717, 1.165) is 38.5 Å². The highest BCUT2D eigenvalue weighted by Crippen LogP contribution is 2.60. The van der Waals surface area contributed by atoms with Crippen molar-refractivity contribution in [2.45, 2.75) is 217 Å². The average Bonchev–Trinajstić information content (AvgIpc) is 3.87. The summed E-state index contributed by atoms with van der Waals surface area (Å²) in [6.07, 6.45) is 19.0. The second-order valence-corrected chi connectivity index (χ2v) is 25.3. The molecule has 0 bridgehead atoms. The van der Waals surface area contributed by atoms with Gasteiger partial charge in [0.05, 0.1) is 16.9 Å². The van der Waals surface area contributed by atoms with Crippen LogP contribution in [0, 0.1) is 0 Å². The van der Waals surface area contributed by atoms with E-state index in [2.05, 4.69) is 255 Å². The molecule has 0 spiro atoms. The van der Waals surface area contributed by atoms with Gasteiger partial charge >= 0.3 is 0 Å². The number of hydrogen-bond acceptors (Lipinski definition) is 4. The molecule has 78 heavy (non-hydrogen) atoms. The highest BCUT2D eigenvalue weighted by molar-refractivity contribution is 7.99. The molecule has 2 aliphatic rings. The van der Waals surface area contributed by atoms with Crippen LogP contribution >= 0.6 is 11.8 Å². The van der Waals surface area contributed by atoms with Gasteiger partial charge in [0.15, 0.2) is 0 Å². The van der Waals surface area contributed by atoms with E-state index in [9.17, 15) is 0 Å². The van der Waals surface area contributed by atoms with Crippen LogP contribution in [-0.4, -0.2) is 11.1 Å². The fourth-order valence-corrected chi connectivity index (χ4v) is 15.4. The Morgan fingerprint density at radius 3 is 1.50 bits per heavy atom. The van der Waals surface area contributed by atoms with Crippen LogP contribution in [0.2, 0.25) is 0 Å². The smallest absolute Gasteiger partial charge is 0.0603 e. The van der Waals surface area contributed by atoms with Crippen LogP contribution in [0.4, 0.5) is 39.8 Å². The normalized spacial score (nSPS) is 15.0. The summed E-state index contributed by atoms with van der Waals surface area (Å²) in [5.41, 5.74) is 17.1. The van der Waals surface area contributed by atoms with Crippen LogP contribution < -0.4 is 14.7 Å². The first-order chi connectivity index (χ1) is 37.8.